The lowest BCUT2D eigenvalue weighted by Gasteiger charge is -2.00. The topological polar surface area (TPSA) is 54.7 Å². The van der Waals surface area contributed by atoms with Crippen molar-refractivity contribution in [3.63, 3.8) is 0 Å². The van der Waals surface area contributed by atoms with Crippen molar-refractivity contribution >= 4 is 11.6 Å². The monoisotopic (exact) mass is 221 g/mol. The lowest BCUT2D eigenvalue weighted by atomic mass is 10.1. The number of benzene rings is 1. The number of H-pyrrole nitrogens is 1. The lowest BCUT2D eigenvalue weighted by Crippen LogP contribution is -1.98. The minimum absolute atomic E-state index is 0.457. The van der Waals surface area contributed by atoms with Gasteiger partial charge in [0.25, 0.3) is 0 Å². The van der Waals surface area contributed by atoms with E-state index in [4.69, 9.17) is 17.3 Å². The van der Waals surface area contributed by atoms with Crippen LogP contribution < -0.4 is 5.73 Å². The summed E-state index contributed by atoms with van der Waals surface area (Å²) in [6.07, 6.45) is 0. The van der Waals surface area contributed by atoms with Crippen molar-refractivity contribution < 1.29 is 0 Å². The van der Waals surface area contributed by atoms with Crippen LogP contribution in [0.25, 0.3) is 11.3 Å². The molecule has 4 heteroatoms. The number of rotatable bonds is 2. The van der Waals surface area contributed by atoms with Crippen LogP contribution in [-0.4, -0.2) is 9.97 Å². The minimum atomic E-state index is 0.457. The van der Waals surface area contributed by atoms with Crippen molar-refractivity contribution in [2.75, 3.05) is 0 Å². The van der Waals surface area contributed by atoms with E-state index >= 15 is 0 Å². The first kappa shape index (κ1) is 10.2. The van der Waals surface area contributed by atoms with Crippen LogP contribution in [0.15, 0.2) is 24.3 Å². The van der Waals surface area contributed by atoms with Gasteiger partial charge in [-0.15, -0.1) is 0 Å². The summed E-state index contributed by atoms with van der Waals surface area (Å²) in [6, 6.07) is 7.58. The molecule has 0 saturated heterocycles. The molecule has 1 aromatic carbocycles. The molecule has 1 aromatic heterocycles. The Kier molecular flexibility index (Phi) is 2.75. The fourth-order valence-corrected chi connectivity index (χ4v) is 1.66. The average Bonchev–Trinajstić information content (AvgIpc) is 2.61. The molecule has 0 amide bonds. The third kappa shape index (κ3) is 2.03. The maximum Gasteiger partial charge on any atom is 0.103 e. The van der Waals surface area contributed by atoms with Gasteiger partial charge < -0.3 is 10.7 Å². The maximum absolute atomic E-state index is 5.83. The first-order valence-corrected chi connectivity index (χ1v) is 5.10. The summed E-state index contributed by atoms with van der Waals surface area (Å²) < 4.78 is 0. The van der Waals surface area contributed by atoms with Gasteiger partial charge in [-0.2, -0.15) is 0 Å². The molecule has 0 saturated carbocycles. The van der Waals surface area contributed by atoms with Crippen molar-refractivity contribution in [1.29, 1.82) is 0 Å². The van der Waals surface area contributed by atoms with Gasteiger partial charge in [-0.05, 0) is 19.1 Å². The third-order valence-corrected chi connectivity index (χ3v) is 2.47. The summed E-state index contributed by atoms with van der Waals surface area (Å²) in [4.78, 5) is 7.54. The molecule has 0 bridgehead atoms. The Morgan fingerprint density at radius 1 is 1.33 bits per heavy atom. The molecule has 3 N–H and O–H groups in total. The molecule has 78 valence electrons. The zero-order chi connectivity index (χ0) is 10.8. The number of hydrogen-bond acceptors (Lipinski definition) is 2. The van der Waals surface area contributed by atoms with E-state index in [1.807, 2.05) is 31.2 Å². The van der Waals surface area contributed by atoms with Gasteiger partial charge in [0.05, 0.1) is 11.4 Å². The maximum atomic E-state index is 5.83. The standard InChI is InChI=1S/C11H12ClN3/c1-7-14-10(6-13)11(15-7)8-2-4-9(12)5-3-8/h2-5H,6,13H2,1H3,(H,14,15). The first-order valence-electron chi connectivity index (χ1n) is 4.72. The molecule has 3 nitrogen and oxygen atoms in total. The van der Waals surface area contributed by atoms with Crippen LogP contribution in [0, 0.1) is 6.92 Å². The van der Waals surface area contributed by atoms with Gasteiger partial charge in [0.2, 0.25) is 0 Å². The highest BCUT2D eigenvalue weighted by Crippen LogP contribution is 2.22. The summed E-state index contributed by atoms with van der Waals surface area (Å²) in [6.45, 7) is 2.37. The highest BCUT2D eigenvalue weighted by molar-refractivity contribution is 6.30. The fraction of sp³-hybridized carbons (Fsp3) is 0.182. The molecular formula is C11H12ClN3. The van der Waals surface area contributed by atoms with Crippen LogP contribution in [0.3, 0.4) is 0 Å². The smallest absolute Gasteiger partial charge is 0.103 e. The number of nitrogens with zero attached hydrogens (tertiary/aromatic N) is 1. The molecule has 0 unspecified atom stereocenters. The largest absolute Gasteiger partial charge is 0.345 e. The molecule has 15 heavy (non-hydrogen) atoms. The number of aromatic amines is 1. The second kappa shape index (κ2) is 4.04. The number of aryl methyl sites for hydroxylation is 1. The second-order valence-corrected chi connectivity index (χ2v) is 3.80. The van der Waals surface area contributed by atoms with Gasteiger partial charge in [-0.1, -0.05) is 23.7 Å². The van der Waals surface area contributed by atoms with Gasteiger partial charge in [-0.25, -0.2) is 4.98 Å². The summed E-state index contributed by atoms with van der Waals surface area (Å²) in [7, 11) is 0. The molecule has 1 heterocycles. The van der Waals surface area contributed by atoms with Crippen LogP contribution in [0.5, 0.6) is 0 Å². The van der Waals surface area contributed by atoms with Crippen molar-refractivity contribution in [2.45, 2.75) is 13.5 Å². The van der Waals surface area contributed by atoms with Gasteiger partial charge in [0, 0.05) is 17.1 Å². The number of imidazole rings is 1. The fourth-order valence-electron chi connectivity index (χ4n) is 1.53. The third-order valence-electron chi connectivity index (χ3n) is 2.22. The Morgan fingerprint density at radius 3 is 2.60 bits per heavy atom. The first-order chi connectivity index (χ1) is 7.20. The highest BCUT2D eigenvalue weighted by Gasteiger charge is 2.08. The van der Waals surface area contributed by atoms with E-state index in [1.165, 1.54) is 0 Å². The summed E-state index contributed by atoms with van der Waals surface area (Å²) >= 11 is 5.83. The molecule has 0 atom stereocenters. The second-order valence-electron chi connectivity index (χ2n) is 3.36. The van der Waals surface area contributed by atoms with E-state index in [0.29, 0.717) is 6.54 Å². The Bertz CT molecular complexity index is 459. The van der Waals surface area contributed by atoms with E-state index in [9.17, 15) is 0 Å². The SMILES string of the molecule is Cc1nc(-c2ccc(Cl)cc2)c(CN)[nH]1. The van der Waals surface area contributed by atoms with Crippen LogP contribution in [0.4, 0.5) is 0 Å². The minimum Gasteiger partial charge on any atom is -0.345 e. The molecule has 0 fully saturated rings. The number of nitrogens with one attached hydrogen (secondary N) is 1. The lowest BCUT2D eigenvalue weighted by molar-refractivity contribution is 0.998. The van der Waals surface area contributed by atoms with E-state index < -0.39 is 0 Å². The predicted octanol–water partition coefficient (Wildman–Crippen LogP) is 2.50. The van der Waals surface area contributed by atoms with Gasteiger partial charge >= 0.3 is 0 Å². The Hall–Kier alpha value is -1.32. The molecule has 0 aliphatic rings. The molecule has 0 radical (unpaired) electrons. The summed E-state index contributed by atoms with van der Waals surface area (Å²) in [5.41, 5.74) is 8.53. The molecular weight excluding hydrogens is 210 g/mol. The van der Waals surface area contributed by atoms with Crippen molar-refractivity contribution in [1.82, 2.24) is 9.97 Å². The Balaban J connectivity index is 2.48. The average molecular weight is 222 g/mol. The molecule has 0 aliphatic carbocycles. The summed E-state index contributed by atoms with van der Waals surface area (Å²) in [5.74, 6) is 0.875. The quantitative estimate of drug-likeness (QED) is 0.819. The molecule has 0 aliphatic heterocycles. The molecule has 0 spiro atoms. The van der Waals surface area contributed by atoms with E-state index in [1.54, 1.807) is 0 Å². The van der Waals surface area contributed by atoms with Gasteiger partial charge in [0.15, 0.2) is 0 Å². The normalized spacial score (nSPS) is 10.6. The van der Waals surface area contributed by atoms with Crippen LogP contribution in [-0.2, 0) is 6.54 Å². The summed E-state index contributed by atoms with van der Waals surface area (Å²) in [5, 5.41) is 0.723. The van der Waals surface area contributed by atoms with Gasteiger partial charge in [0.1, 0.15) is 5.82 Å². The van der Waals surface area contributed by atoms with Crippen LogP contribution in [0.2, 0.25) is 5.02 Å². The molecule has 2 rings (SSSR count). The van der Waals surface area contributed by atoms with Crippen LogP contribution in [0.1, 0.15) is 11.5 Å². The zero-order valence-corrected chi connectivity index (χ0v) is 9.17. The van der Waals surface area contributed by atoms with Crippen molar-refractivity contribution in [3.05, 3.63) is 40.8 Å². The number of aromatic nitrogens is 2. The predicted molar refractivity (Wildman–Crippen MR) is 61.7 cm³/mol. The number of hydrogen-bond donors (Lipinski definition) is 2. The number of halogens is 1. The Morgan fingerprint density at radius 2 is 2.00 bits per heavy atom. The zero-order valence-electron chi connectivity index (χ0n) is 8.42. The highest BCUT2D eigenvalue weighted by atomic mass is 35.5. The number of nitrogens with two attached hydrogens (primary N) is 1. The van der Waals surface area contributed by atoms with E-state index in [-0.39, 0.29) is 0 Å². The van der Waals surface area contributed by atoms with Crippen molar-refractivity contribution in [3.8, 4) is 11.3 Å². The Labute approximate surface area is 93.3 Å². The van der Waals surface area contributed by atoms with Crippen LogP contribution >= 0.6 is 11.6 Å². The van der Waals surface area contributed by atoms with Gasteiger partial charge in [-0.3, -0.25) is 0 Å². The van der Waals surface area contributed by atoms with Crippen molar-refractivity contribution in [2.24, 2.45) is 5.73 Å². The molecule has 2 aromatic rings. The van der Waals surface area contributed by atoms with E-state index in [2.05, 4.69) is 9.97 Å². The van der Waals surface area contributed by atoms with E-state index in [0.717, 1.165) is 27.8 Å².